The number of hydrogen-bond donors (Lipinski definition) is 0. The fourth-order valence-corrected chi connectivity index (χ4v) is 1.65. The summed E-state index contributed by atoms with van der Waals surface area (Å²) in [5.41, 5.74) is 1.24. The highest BCUT2D eigenvalue weighted by Gasteiger charge is 2.04. The van der Waals surface area contributed by atoms with E-state index < -0.39 is 0 Å². The van der Waals surface area contributed by atoms with Crippen LogP contribution in [-0.4, -0.2) is 13.7 Å². The molecular formula is C16H22O2. The van der Waals surface area contributed by atoms with Gasteiger partial charge in [-0.25, -0.2) is 0 Å². The second-order valence-electron chi connectivity index (χ2n) is 4.02. The highest BCUT2D eigenvalue weighted by Crippen LogP contribution is 2.28. The molecule has 1 aromatic rings. The highest BCUT2D eigenvalue weighted by atomic mass is 16.5. The van der Waals surface area contributed by atoms with Gasteiger partial charge in [0.25, 0.3) is 0 Å². The lowest BCUT2D eigenvalue weighted by atomic mass is 10.1. The molecule has 0 spiro atoms. The second kappa shape index (κ2) is 8.47. The lowest BCUT2D eigenvalue weighted by Gasteiger charge is -2.10. The van der Waals surface area contributed by atoms with Gasteiger partial charge in [0, 0.05) is 12.8 Å². The van der Waals surface area contributed by atoms with Gasteiger partial charge in [-0.15, -0.1) is 11.8 Å². The largest absolute Gasteiger partial charge is 0.493 e. The van der Waals surface area contributed by atoms with E-state index in [0.717, 1.165) is 37.2 Å². The zero-order valence-electron chi connectivity index (χ0n) is 11.6. The molecule has 0 atom stereocenters. The van der Waals surface area contributed by atoms with Crippen LogP contribution in [0.2, 0.25) is 0 Å². The first-order valence-electron chi connectivity index (χ1n) is 6.57. The molecule has 18 heavy (non-hydrogen) atoms. The first-order chi connectivity index (χ1) is 8.81. The zero-order valence-corrected chi connectivity index (χ0v) is 11.6. The van der Waals surface area contributed by atoms with Crippen LogP contribution in [0.25, 0.3) is 0 Å². The lowest BCUT2D eigenvalue weighted by Crippen LogP contribution is -1.96. The molecule has 2 nitrogen and oxygen atoms in total. The van der Waals surface area contributed by atoms with E-state index in [9.17, 15) is 0 Å². The summed E-state index contributed by atoms with van der Waals surface area (Å²) in [6.07, 6.45) is 3.98. The number of benzene rings is 1. The van der Waals surface area contributed by atoms with Gasteiger partial charge >= 0.3 is 0 Å². The third-order valence-corrected chi connectivity index (χ3v) is 2.57. The fourth-order valence-electron chi connectivity index (χ4n) is 1.65. The van der Waals surface area contributed by atoms with Crippen molar-refractivity contribution in [2.24, 2.45) is 0 Å². The first kappa shape index (κ1) is 14.4. The Bertz CT molecular complexity index is 413. The lowest BCUT2D eigenvalue weighted by molar-refractivity contribution is 0.310. The standard InChI is InChI=1S/C16H22O2/c1-4-6-7-8-9-10-14-11-12-15(18-5-2)16(13-14)17-3/h11-13H,4-6,9-10H2,1-3H3. The SMILES string of the molecule is CCCC#CCCc1ccc(OCC)c(OC)c1. The Hall–Kier alpha value is -1.62. The molecule has 0 fully saturated rings. The van der Waals surface area contributed by atoms with Crippen molar-refractivity contribution in [3.63, 3.8) is 0 Å². The quantitative estimate of drug-likeness (QED) is 0.710. The van der Waals surface area contributed by atoms with Gasteiger partial charge in [0.15, 0.2) is 11.5 Å². The number of aryl methyl sites for hydroxylation is 1. The summed E-state index contributed by atoms with van der Waals surface area (Å²) >= 11 is 0. The van der Waals surface area contributed by atoms with Crippen molar-refractivity contribution in [2.45, 2.75) is 39.5 Å². The Morgan fingerprint density at radius 3 is 2.50 bits per heavy atom. The van der Waals surface area contributed by atoms with Gasteiger partial charge in [-0.3, -0.25) is 0 Å². The molecular weight excluding hydrogens is 224 g/mol. The Labute approximate surface area is 110 Å². The Morgan fingerprint density at radius 1 is 1.06 bits per heavy atom. The smallest absolute Gasteiger partial charge is 0.161 e. The van der Waals surface area contributed by atoms with E-state index in [1.54, 1.807) is 7.11 Å². The highest BCUT2D eigenvalue weighted by molar-refractivity contribution is 5.43. The normalized spacial score (nSPS) is 9.50. The van der Waals surface area contributed by atoms with Crippen molar-refractivity contribution in [2.75, 3.05) is 13.7 Å². The fraction of sp³-hybridized carbons (Fsp3) is 0.500. The van der Waals surface area contributed by atoms with Crippen molar-refractivity contribution in [3.8, 4) is 23.3 Å². The van der Waals surface area contributed by atoms with Crippen molar-refractivity contribution >= 4 is 0 Å². The van der Waals surface area contributed by atoms with Crippen LogP contribution in [0.1, 0.15) is 38.7 Å². The maximum absolute atomic E-state index is 5.49. The molecule has 0 aliphatic carbocycles. The third kappa shape index (κ3) is 4.71. The van der Waals surface area contributed by atoms with Crippen LogP contribution in [0.3, 0.4) is 0 Å². The maximum Gasteiger partial charge on any atom is 0.161 e. The third-order valence-electron chi connectivity index (χ3n) is 2.57. The van der Waals surface area contributed by atoms with Crippen LogP contribution >= 0.6 is 0 Å². The molecule has 0 saturated carbocycles. The minimum Gasteiger partial charge on any atom is -0.493 e. The van der Waals surface area contributed by atoms with E-state index in [2.05, 4.69) is 24.8 Å². The van der Waals surface area contributed by atoms with Crippen molar-refractivity contribution in [3.05, 3.63) is 23.8 Å². The topological polar surface area (TPSA) is 18.5 Å². The molecule has 0 unspecified atom stereocenters. The minimum atomic E-state index is 0.651. The Kier molecular flexibility index (Phi) is 6.79. The predicted molar refractivity (Wildman–Crippen MR) is 75.2 cm³/mol. The van der Waals surface area contributed by atoms with E-state index in [-0.39, 0.29) is 0 Å². The van der Waals surface area contributed by atoms with Gasteiger partial charge in [0.2, 0.25) is 0 Å². The molecule has 1 rings (SSSR count). The summed E-state index contributed by atoms with van der Waals surface area (Å²) < 4.78 is 10.8. The molecule has 0 aliphatic rings. The maximum atomic E-state index is 5.49. The summed E-state index contributed by atoms with van der Waals surface area (Å²) in [6.45, 7) is 4.76. The molecule has 2 heteroatoms. The molecule has 98 valence electrons. The Morgan fingerprint density at radius 2 is 1.83 bits per heavy atom. The molecule has 0 radical (unpaired) electrons. The van der Waals surface area contributed by atoms with Crippen LogP contribution in [-0.2, 0) is 6.42 Å². The summed E-state index contributed by atoms with van der Waals surface area (Å²) in [5.74, 6) is 7.96. The second-order valence-corrected chi connectivity index (χ2v) is 4.02. The summed E-state index contributed by atoms with van der Waals surface area (Å²) in [6, 6.07) is 6.08. The number of unbranched alkanes of at least 4 members (excludes halogenated alkanes) is 1. The number of ether oxygens (including phenoxy) is 2. The molecule has 0 bridgehead atoms. The van der Waals surface area contributed by atoms with Gasteiger partial charge in [0.05, 0.1) is 13.7 Å². The van der Waals surface area contributed by atoms with E-state index in [0.29, 0.717) is 6.61 Å². The minimum absolute atomic E-state index is 0.651. The van der Waals surface area contributed by atoms with Crippen LogP contribution in [0, 0.1) is 11.8 Å². The van der Waals surface area contributed by atoms with Crippen LogP contribution in [0.15, 0.2) is 18.2 Å². The van der Waals surface area contributed by atoms with Crippen molar-refractivity contribution in [1.29, 1.82) is 0 Å². The average molecular weight is 246 g/mol. The summed E-state index contributed by atoms with van der Waals surface area (Å²) in [7, 11) is 1.67. The zero-order chi connectivity index (χ0) is 13.2. The van der Waals surface area contributed by atoms with Gasteiger partial charge in [0.1, 0.15) is 0 Å². The van der Waals surface area contributed by atoms with Gasteiger partial charge in [-0.05, 0) is 37.5 Å². The van der Waals surface area contributed by atoms with Gasteiger partial charge in [-0.1, -0.05) is 13.0 Å². The molecule has 0 aliphatic heterocycles. The molecule has 0 aromatic heterocycles. The van der Waals surface area contributed by atoms with Crippen molar-refractivity contribution in [1.82, 2.24) is 0 Å². The summed E-state index contributed by atoms with van der Waals surface area (Å²) in [4.78, 5) is 0. The van der Waals surface area contributed by atoms with E-state index in [4.69, 9.17) is 9.47 Å². The Balaban J connectivity index is 2.60. The van der Waals surface area contributed by atoms with Crippen molar-refractivity contribution < 1.29 is 9.47 Å². The number of hydrogen-bond acceptors (Lipinski definition) is 2. The molecule has 0 heterocycles. The summed E-state index contributed by atoms with van der Waals surface area (Å²) in [5, 5.41) is 0. The molecule has 0 amide bonds. The van der Waals surface area contributed by atoms with Gasteiger partial charge < -0.3 is 9.47 Å². The van der Waals surface area contributed by atoms with Gasteiger partial charge in [-0.2, -0.15) is 0 Å². The van der Waals surface area contributed by atoms with E-state index >= 15 is 0 Å². The average Bonchev–Trinajstić information content (AvgIpc) is 2.40. The van der Waals surface area contributed by atoms with Crippen LogP contribution in [0.4, 0.5) is 0 Å². The number of methoxy groups -OCH3 is 1. The molecule has 0 N–H and O–H groups in total. The molecule has 1 aromatic carbocycles. The predicted octanol–water partition coefficient (Wildman–Crippen LogP) is 3.83. The van der Waals surface area contributed by atoms with E-state index in [1.807, 2.05) is 19.1 Å². The molecule has 0 saturated heterocycles. The van der Waals surface area contributed by atoms with Crippen LogP contribution < -0.4 is 9.47 Å². The number of rotatable bonds is 6. The van der Waals surface area contributed by atoms with E-state index in [1.165, 1.54) is 5.56 Å². The first-order valence-corrected chi connectivity index (χ1v) is 6.57. The monoisotopic (exact) mass is 246 g/mol. The van der Waals surface area contributed by atoms with Crippen LogP contribution in [0.5, 0.6) is 11.5 Å².